The Bertz CT molecular complexity index is 2870. The van der Waals surface area contributed by atoms with Gasteiger partial charge in [-0.1, -0.05) is 145 Å². The van der Waals surface area contributed by atoms with Crippen LogP contribution in [0.1, 0.15) is 11.0 Å². The first kappa shape index (κ1) is 17.3. The average molecular weight is 555 g/mol. The highest BCUT2D eigenvalue weighted by Gasteiger charge is 2.20. The fourth-order valence-electron chi connectivity index (χ4n) is 6.39. The van der Waals surface area contributed by atoms with Gasteiger partial charge in [-0.2, -0.15) is 0 Å². The number of benzene rings is 8. The topological polar surface area (TPSA) is 13.1 Å². The third-order valence-electron chi connectivity index (χ3n) is 8.29. The van der Waals surface area contributed by atoms with Crippen LogP contribution in [0.5, 0.6) is 0 Å². The second-order valence-corrected chi connectivity index (χ2v) is 10.6. The molecule has 0 radical (unpaired) electrons. The molecule has 0 aliphatic rings. The Hall–Kier alpha value is -5.66. The van der Waals surface area contributed by atoms with Gasteiger partial charge in [0.05, 0.1) is 11.0 Å². The minimum atomic E-state index is -0.444. The maximum absolute atomic E-state index is 9.36. The zero-order valence-corrected chi connectivity index (χ0v) is 22.8. The maximum Gasteiger partial charge on any atom is 0.143 e. The van der Waals surface area contributed by atoms with Crippen LogP contribution in [0.4, 0.5) is 0 Å². The van der Waals surface area contributed by atoms with Crippen LogP contribution in [0.15, 0.2) is 162 Å². The Morgan fingerprint density at radius 2 is 0.977 bits per heavy atom. The molecule has 0 spiro atoms. The predicted octanol–water partition coefficient (Wildman–Crippen LogP) is 12.0. The lowest BCUT2D eigenvalue weighted by Gasteiger charge is -2.18. The Balaban J connectivity index is 1.53. The number of hydrogen-bond donors (Lipinski definition) is 0. The smallest absolute Gasteiger partial charge is 0.143 e. The maximum atomic E-state index is 9.36. The van der Waals surface area contributed by atoms with Crippen LogP contribution in [0, 0.1) is 0 Å². The Labute approximate surface area is 260 Å². The largest absolute Gasteiger partial charge is 0.455 e. The average Bonchev–Trinajstić information content (AvgIpc) is 3.56. The third kappa shape index (κ3) is 3.65. The van der Waals surface area contributed by atoms with Crippen LogP contribution in [0.25, 0.3) is 87.6 Å². The van der Waals surface area contributed by atoms with Crippen molar-refractivity contribution in [2.24, 2.45) is 0 Å². The van der Waals surface area contributed by atoms with Gasteiger partial charge < -0.3 is 4.42 Å². The summed E-state index contributed by atoms with van der Waals surface area (Å²) in [7, 11) is 0. The zero-order chi connectivity index (χ0) is 35.3. The van der Waals surface area contributed by atoms with E-state index in [1.54, 1.807) is 6.07 Å². The van der Waals surface area contributed by atoms with Gasteiger partial charge in [-0.3, -0.25) is 0 Å². The normalized spacial score (nSPS) is 14.3. The van der Waals surface area contributed by atoms with E-state index in [0.29, 0.717) is 27.9 Å². The van der Waals surface area contributed by atoms with Crippen molar-refractivity contribution >= 4 is 54.3 Å². The van der Waals surface area contributed by atoms with E-state index in [9.17, 15) is 5.48 Å². The molecule has 1 heterocycles. The molecule has 0 saturated heterocycles. The van der Waals surface area contributed by atoms with Crippen molar-refractivity contribution in [2.75, 3.05) is 0 Å². The number of rotatable bonds is 3. The van der Waals surface area contributed by atoms with E-state index < -0.39 is 24.2 Å². The van der Waals surface area contributed by atoms with E-state index in [1.165, 1.54) is 0 Å². The Morgan fingerprint density at radius 3 is 1.74 bits per heavy atom. The highest BCUT2D eigenvalue weighted by atomic mass is 16.3. The molecular weight excluding hydrogens is 520 g/mol. The number of hydrogen-bond acceptors (Lipinski definition) is 1. The second-order valence-electron chi connectivity index (χ2n) is 10.6. The summed E-state index contributed by atoms with van der Waals surface area (Å²) in [5, 5.41) is 4.16. The molecule has 0 atom stereocenters. The summed E-state index contributed by atoms with van der Waals surface area (Å²) in [5.74, 6) is 0. The van der Waals surface area contributed by atoms with Crippen LogP contribution in [0.3, 0.4) is 0 Å². The number of para-hydroxylation sites is 1. The van der Waals surface area contributed by atoms with Gasteiger partial charge in [0, 0.05) is 27.3 Å². The standard InChI is InChI=1S/C42H26O/c1-2-12-27(13-3-1)29-15-10-16-30(26-29)39-32-18-6-8-20-34(32)40(35-21-9-7-19-33(35)39)38-23-11-22-36-37-25-24-28-14-4-5-17-31(28)41(37)43-42(36)38/h1-26H/i6D,7D,8D,9D,18D,19D,20D,21D. The predicted molar refractivity (Wildman–Crippen MR) is 183 cm³/mol. The van der Waals surface area contributed by atoms with Crippen LogP contribution >= 0.6 is 0 Å². The molecule has 0 N–H and O–H groups in total. The molecule has 43 heavy (non-hydrogen) atoms. The molecule has 8 aromatic carbocycles. The molecule has 0 unspecified atom stereocenters. The van der Waals surface area contributed by atoms with Crippen molar-refractivity contribution < 1.29 is 15.4 Å². The molecule has 1 heteroatoms. The third-order valence-corrected chi connectivity index (χ3v) is 8.29. The Kier molecular flexibility index (Phi) is 3.80. The van der Waals surface area contributed by atoms with E-state index in [-0.39, 0.29) is 51.3 Å². The van der Waals surface area contributed by atoms with E-state index in [4.69, 9.17) is 9.90 Å². The minimum Gasteiger partial charge on any atom is -0.455 e. The lowest BCUT2D eigenvalue weighted by atomic mass is 9.85. The van der Waals surface area contributed by atoms with Crippen molar-refractivity contribution in [2.45, 2.75) is 0 Å². The van der Waals surface area contributed by atoms with Gasteiger partial charge in [0.2, 0.25) is 0 Å². The highest BCUT2D eigenvalue weighted by molar-refractivity contribution is 6.25. The minimum absolute atomic E-state index is 0.149. The second kappa shape index (κ2) is 9.44. The first-order chi connectivity index (χ1) is 24.7. The summed E-state index contributed by atoms with van der Waals surface area (Å²) in [6, 6.07) is 31.7. The SMILES string of the molecule is [2H]c1c([2H])c([2H])c2c(-c3cccc4c3oc3c5ccccc5ccc43)c3c([2H])c([2H])c([2H])c([2H])c3c(-c3cccc(-c4ccccc4)c3)c2c1[2H]. The molecule has 200 valence electrons. The molecule has 0 aliphatic carbocycles. The summed E-state index contributed by atoms with van der Waals surface area (Å²) >= 11 is 0. The molecule has 9 aromatic rings. The van der Waals surface area contributed by atoms with Gasteiger partial charge in [-0.15, -0.1) is 0 Å². The Morgan fingerprint density at radius 1 is 0.395 bits per heavy atom. The van der Waals surface area contributed by atoms with Gasteiger partial charge in [-0.25, -0.2) is 0 Å². The first-order valence-electron chi connectivity index (χ1n) is 18.1. The zero-order valence-electron chi connectivity index (χ0n) is 30.8. The van der Waals surface area contributed by atoms with Crippen molar-refractivity contribution in [3.8, 4) is 33.4 Å². The van der Waals surface area contributed by atoms with Crippen LogP contribution in [-0.2, 0) is 0 Å². The van der Waals surface area contributed by atoms with Crippen LogP contribution in [-0.4, -0.2) is 0 Å². The van der Waals surface area contributed by atoms with Gasteiger partial charge in [0.1, 0.15) is 11.2 Å². The van der Waals surface area contributed by atoms with E-state index in [1.807, 2.05) is 103 Å². The first-order valence-corrected chi connectivity index (χ1v) is 14.1. The number of fused-ring (bicyclic) bond motifs is 7. The fourth-order valence-corrected chi connectivity index (χ4v) is 6.39. The van der Waals surface area contributed by atoms with Gasteiger partial charge in [0.15, 0.2) is 0 Å². The monoisotopic (exact) mass is 554 g/mol. The van der Waals surface area contributed by atoms with Crippen molar-refractivity contribution in [3.63, 3.8) is 0 Å². The molecule has 1 aromatic heterocycles. The summed E-state index contributed by atoms with van der Waals surface area (Å²) in [4.78, 5) is 0. The molecule has 0 saturated carbocycles. The molecule has 9 rings (SSSR count). The summed E-state index contributed by atoms with van der Waals surface area (Å²) in [6.45, 7) is 0. The van der Waals surface area contributed by atoms with Crippen molar-refractivity contribution in [3.05, 3.63) is 158 Å². The van der Waals surface area contributed by atoms with Crippen molar-refractivity contribution in [1.82, 2.24) is 0 Å². The van der Waals surface area contributed by atoms with Crippen molar-refractivity contribution in [1.29, 1.82) is 0 Å². The molecular formula is C42H26O. The van der Waals surface area contributed by atoms with Gasteiger partial charge in [-0.05, 0) is 61.3 Å². The summed E-state index contributed by atoms with van der Waals surface area (Å²) in [6.07, 6.45) is 0. The quantitative estimate of drug-likeness (QED) is 0.198. The van der Waals surface area contributed by atoms with E-state index in [0.717, 1.165) is 32.7 Å². The lowest BCUT2D eigenvalue weighted by molar-refractivity contribution is 0.674. The lowest BCUT2D eigenvalue weighted by Crippen LogP contribution is -1.91. The van der Waals surface area contributed by atoms with Gasteiger partial charge in [0.25, 0.3) is 0 Å². The summed E-state index contributed by atoms with van der Waals surface area (Å²) in [5.41, 5.74) is 4.47. The van der Waals surface area contributed by atoms with E-state index in [2.05, 4.69) is 0 Å². The van der Waals surface area contributed by atoms with Crippen LogP contribution in [0.2, 0.25) is 0 Å². The number of furan rings is 1. The summed E-state index contributed by atoms with van der Waals surface area (Å²) < 4.78 is 79.2. The highest BCUT2D eigenvalue weighted by Crippen LogP contribution is 2.47. The molecule has 1 nitrogen and oxygen atoms in total. The fraction of sp³-hybridized carbons (Fsp3) is 0. The molecule has 0 bridgehead atoms. The molecule has 0 fully saturated rings. The van der Waals surface area contributed by atoms with Crippen LogP contribution < -0.4 is 0 Å². The van der Waals surface area contributed by atoms with Gasteiger partial charge >= 0.3 is 0 Å². The molecule has 0 amide bonds. The van der Waals surface area contributed by atoms with E-state index >= 15 is 0 Å². The molecule has 0 aliphatic heterocycles.